The van der Waals surface area contributed by atoms with Crippen LogP contribution in [-0.2, 0) is 11.8 Å². The summed E-state index contributed by atoms with van der Waals surface area (Å²) in [5.74, 6) is 0. The first-order valence-corrected chi connectivity index (χ1v) is 8.40. The molecule has 4 rings (SSSR count). The molecule has 4 aromatic rings. The number of nitrogens with zero attached hydrogens (tertiary/aromatic N) is 4. The average Bonchev–Trinajstić information content (AvgIpc) is 3.17. The number of hydrogen-bond donors (Lipinski definition) is 1. The van der Waals surface area contributed by atoms with Crippen LogP contribution in [0.4, 0.5) is 0 Å². The van der Waals surface area contributed by atoms with E-state index in [0.29, 0.717) is 6.42 Å². The fraction of sp³-hybridized carbons (Fsp3) is 0.143. The number of nitrogens with one attached hydrogen (secondary N) is 1. The van der Waals surface area contributed by atoms with Crippen molar-refractivity contribution in [3.8, 4) is 17.2 Å². The Labute approximate surface area is 152 Å². The van der Waals surface area contributed by atoms with Gasteiger partial charge >= 0.3 is 0 Å². The van der Waals surface area contributed by atoms with Crippen LogP contribution in [0.15, 0.2) is 67.1 Å². The first kappa shape index (κ1) is 16.0. The molecular weight excluding hydrogens is 322 g/mol. The highest BCUT2D eigenvalue weighted by Crippen LogP contribution is 2.32. The topological polar surface area (TPSA) is 78.2 Å². The molecule has 5 heteroatoms. The standard InChI is InChI=1S/C21H17N5.H2/c1-21(14-22,12-17-7-2-3-9-23-17)16-6-4-5-15(11-16)18-8-10-24-20-19(18)13-25-26-20;/h2-11,13H,12H2,1H3,(H,24,25,26);1H. The van der Waals surface area contributed by atoms with Crippen LogP contribution in [0.1, 0.15) is 19.6 Å². The smallest absolute Gasteiger partial charge is 0.155 e. The Morgan fingerprint density at radius 3 is 2.85 bits per heavy atom. The highest BCUT2D eigenvalue weighted by Gasteiger charge is 2.28. The van der Waals surface area contributed by atoms with E-state index in [0.717, 1.165) is 33.4 Å². The third-order valence-electron chi connectivity index (χ3n) is 4.67. The van der Waals surface area contributed by atoms with Gasteiger partial charge in [-0.3, -0.25) is 10.1 Å². The van der Waals surface area contributed by atoms with E-state index in [1.165, 1.54) is 0 Å². The van der Waals surface area contributed by atoms with Gasteiger partial charge in [0.1, 0.15) is 0 Å². The van der Waals surface area contributed by atoms with E-state index in [4.69, 9.17) is 0 Å². The molecule has 0 aliphatic carbocycles. The second kappa shape index (κ2) is 6.41. The summed E-state index contributed by atoms with van der Waals surface area (Å²) in [5, 5.41) is 17.8. The van der Waals surface area contributed by atoms with Crippen molar-refractivity contribution in [2.45, 2.75) is 18.8 Å². The zero-order valence-corrected chi connectivity index (χ0v) is 14.3. The SMILES string of the molecule is CC(C#N)(Cc1ccccn1)c1cccc(-c2ccnc3[nH]ncc23)c1.[HH]. The van der Waals surface area contributed by atoms with Crippen LogP contribution in [0.5, 0.6) is 0 Å². The molecule has 128 valence electrons. The molecule has 0 amide bonds. The van der Waals surface area contributed by atoms with Gasteiger partial charge in [-0.15, -0.1) is 0 Å². The van der Waals surface area contributed by atoms with Crippen molar-refractivity contribution < 1.29 is 1.43 Å². The summed E-state index contributed by atoms with van der Waals surface area (Å²) in [5.41, 5.74) is 4.05. The lowest BCUT2D eigenvalue weighted by atomic mass is 9.79. The molecular formula is C21H19N5. The molecule has 3 aromatic heterocycles. The number of fused-ring (bicyclic) bond motifs is 1. The Morgan fingerprint density at radius 1 is 1.12 bits per heavy atom. The summed E-state index contributed by atoms with van der Waals surface area (Å²) < 4.78 is 0. The predicted octanol–water partition coefficient (Wildman–Crippen LogP) is 4.29. The molecule has 0 saturated heterocycles. The monoisotopic (exact) mass is 341 g/mol. The number of pyridine rings is 2. The number of nitriles is 1. The van der Waals surface area contributed by atoms with Crippen LogP contribution in [0.2, 0.25) is 0 Å². The van der Waals surface area contributed by atoms with Crippen molar-refractivity contribution in [1.29, 1.82) is 5.26 Å². The molecule has 1 atom stereocenters. The minimum absolute atomic E-state index is 0. The third kappa shape index (κ3) is 2.82. The zero-order valence-electron chi connectivity index (χ0n) is 14.3. The summed E-state index contributed by atoms with van der Waals surface area (Å²) in [4.78, 5) is 8.67. The molecule has 26 heavy (non-hydrogen) atoms. The van der Waals surface area contributed by atoms with Gasteiger partial charge in [0.2, 0.25) is 0 Å². The van der Waals surface area contributed by atoms with E-state index in [2.05, 4.69) is 32.3 Å². The largest absolute Gasteiger partial charge is 0.261 e. The quantitative estimate of drug-likeness (QED) is 0.600. The summed E-state index contributed by atoms with van der Waals surface area (Å²) in [6.45, 7) is 1.96. The predicted molar refractivity (Wildman–Crippen MR) is 102 cm³/mol. The highest BCUT2D eigenvalue weighted by molar-refractivity contribution is 5.92. The lowest BCUT2D eigenvalue weighted by Gasteiger charge is -2.22. The van der Waals surface area contributed by atoms with Gasteiger partial charge in [-0.05, 0) is 47.9 Å². The van der Waals surface area contributed by atoms with Gasteiger partial charge < -0.3 is 0 Å². The van der Waals surface area contributed by atoms with Crippen molar-refractivity contribution in [3.63, 3.8) is 0 Å². The van der Waals surface area contributed by atoms with Crippen molar-refractivity contribution in [1.82, 2.24) is 20.2 Å². The maximum absolute atomic E-state index is 9.90. The van der Waals surface area contributed by atoms with Crippen LogP contribution in [0.25, 0.3) is 22.2 Å². The number of H-pyrrole nitrogens is 1. The summed E-state index contributed by atoms with van der Waals surface area (Å²) in [6.07, 6.45) is 5.86. The van der Waals surface area contributed by atoms with Gasteiger partial charge in [-0.2, -0.15) is 10.4 Å². The van der Waals surface area contributed by atoms with Crippen LogP contribution < -0.4 is 0 Å². The van der Waals surface area contributed by atoms with Gasteiger partial charge in [-0.1, -0.05) is 24.3 Å². The van der Waals surface area contributed by atoms with E-state index < -0.39 is 5.41 Å². The van der Waals surface area contributed by atoms with Crippen LogP contribution >= 0.6 is 0 Å². The lowest BCUT2D eigenvalue weighted by Crippen LogP contribution is -2.23. The Kier molecular flexibility index (Phi) is 3.94. The molecule has 1 aromatic carbocycles. The first-order chi connectivity index (χ1) is 12.7. The molecule has 0 aliphatic heterocycles. The number of aromatic amines is 1. The fourth-order valence-corrected chi connectivity index (χ4v) is 3.20. The van der Waals surface area contributed by atoms with E-state index in [9.17, 15) is 5.26 Å². The normalized spacial score (nSPS) is 13.2. The van der Waals surface area contributed by atoms with Gasteiger partial charge in [-0.25, -0.2) is 4.98 Å². The Balaban J connectivity index is 0.00000210. The van der Waals surface area contributed by atoms with Crippen molar-refractivity contribution in [3.05, 3.63) is 78.4 Å². The number of hydrogen-bond acceptors (Lipinski definition) is 4. The first-order valence-electron chi connectivity index (χ1n) is 8.40. The van der Waals surface area contributed by atoms with Crippen molar-refractivity contribution in [2.75, 3.05) is 0 Å². The molecule has 0 aliphatic rings. The average molecular weight is 341 g/mol. The van der Waals surface area contributed by atoms with E-state index in [-0.39, 0.29) is 1.43 Å². The van der Waals surface area contributed by atoms with E-state index in [1.54, 1.807) is 18.6 Å². The molecule has 0 bridgehead atoms. The van der Waals surface area contributed by atoms with Crippen molar-refractivity contribution >= 4 is 11.0 Å². The minimum Gasteiger partial charge on any atom is -0.261 e. The van der Waals surface area contributed by atoms with E-state index >= 15 is 0 Å². The van der Waals surface area contributed by atoms with Crippen molar-refractivity contribution in [2.24, 2.45) is 0 Å². The third-order valence-corrected chi connectivity index (χ3v) is 4.67. The van der Waals surface area contributed by atoms with Gasteiger partial charge in [0.05, 0.1) is 17.7 Å². The van der Waals surface area contributed by atoms with E-state index in [1.807, 2.05) is 49.4 Å². The Bertz CT molecular complexity index is 1100. The lowest BCUT2D eigenvalue weighted by molar-refractivity contribution is 0.597. The Morgan fingerprint density at radius 2 is 2.04 bits per heavy atom. The molecule has 5 nitrogen and oxygen atoms in total. The molecule has 0 saturated carbocycles. The number of rotatable bonds is 4. The zero-order chi connectivity index (χ0) is 18.0. The van der Waals surface area contributed by atoms with Crippen LogP contribution in [-0.4, -0.2) is 20.2 Å². The Hall–Kier alpha value is -3.52. The molecule has 0 spiro atoms. The number of aromatic nitrogens is 4. The maximum Gasteiger partial charge on any atom is 0.155 e. The fourth-order valence-electron chi connectivity index (χ4n) is 3.20. The van der Waals surface area contributed by atoms with Gasteiger partial charge in [0.15, 0.2) is 5.65 Å². The molecule has 0 radical (unpaired) electrons. The maximum atomic E-state index is 9.90. The molecule has 1 N–H and O–H groups in total. The van der Waals surface area contributed by atoms with Crippen LogP contribution in [0, 0.1) is 11.3 Å². The summed E-state index contributed by atoms with van der Waals surface area (Å²) >= 11 is 0. The minimum atomic E-state index is -0.660. The number of benzene rings is 1. The summed E-state index contributed by atoms with van der Waals surface area (Å²) in [6, 6.07) is 18.4. The molecule has 0 fully saturated rings. The van der Waals surface area contributed by atoms with Gasteiger partial charge in [0, 0.05) is 31.3 Å². The van der Waals surface area contributed by atoms with Crippen LogP contribution in [0.3, 0.4) is 0 Å². The second-order valence-corrected chi connectivity index (χ2v) is 6.51. The van der Waals surface area contributed by atoms with Gasteiger partial charge in [0.25, 0.3) is 0 Å². The second-order valence-electron chi connectivity index (χ2n) is 6.51. The summed E-state index contributed by atoms with van der Waals surface area (Å²) in [7, 11) is 0. The molecule has 1 unspecified atom stereocenters. The molecule has 3 heterocycles. The highest BCUT2D eigenvalue weighted by atomic mass is 15.1.